The number of aliphatic hydroxyl groups excluding tert-OH is 1. The minimum absolute atomic E-state index is 0.0406. The average molecular weight is 347 g/mol. The molecule has 1 aromatic rings. The quantitative estimate of drug-likeness (QED) is 0.825. The third-order valence-electron chi connectivity index (χ3n) is 5.74. The second-order valence-corrected chi connectivity index (χ2v) is 7.40. The zero-order valence-electron chi connectivity index (χ0n) is 16.5. The number of aryl methyl sites for hydroxylation is 2. The smallest absolute Gasteiger partial charge is 0.254 e. The monoisotopic (exact) mass is 346 g/mol. The molecule has 2 rings (SSSR count). The Morgan fingerprint density at radius 3 is 2.24 bits per heavy atom. The van der Waals surface area contributed by atoms with Crippen molar-refractivity contribution in [2.45, 2.75) is 47.1 Å². The molecule has 3 atom stereocenters. The number of hydrogen-bond acceptors (Lipinski definition) is 3. The van der Waals surface area contributed by atoms with Crippen LogP contribution >= 0.6 is 0 Å². The lowest BCUT2D eigenvalue weighted by Gasteiger charge is -2.31. The molecule has 4 nitrogen and oxygen atoms in total. The summed E-state index contributed by atoms with van der Waals surface area (Å²) < 4.78 is 0. The van der Waals surface area contributed by atoms with E-state index >= 15 is 0 Å². The van der Waals surface area contributed by atoms with E-state index in [1.807, 2.05) is 30.9 Å². The van der Waals surface area contributed by atoms with E-state index in [4.69, 9.17) is 0 Å². The summed E-state index contributed by atoms with van der Waals surface area (Å²) in [5.41, 5.74) is 2.96. The zero-order valence-corrected chi connectivity index (χ0v) is 16.5. The fraction of sp³-hybridized carbons (Fsp3) is 0.667. The number of amides is 1. The highest BCUT2D eigenvalue weighted by Crippen LogP contribution is 2.34. The van der Waals surface area contributed by atoms with Gasteiger partial charge in [-0.05, 0) is 50.9 Å². The van der Waals surface area contributed by atoms with Crippen LogP contribution in [0.3, 0.4) is 0 Å². The highest BCUT2D eigenvalue weighted by molar-refractivity contribution is 5.95. The van der Waals surface area contributed by atoms with Crippen molar-refractivity contribution in [3.63, 3.8) is 0 Å². The lowest BCUT2D eigenvalue weighted by Crippen LogP contribution is -2.43. The largest absolute Gasteiger partial charge is 0.394 e. The third-order valence-corrected chi connectivity index (χ3v) is 5.74. The van der Waals surface area contributed by atoms with Crippen molar-refractivity contribution in [3.05, 3.63) is 34.9 Å². The van der Waals surface area contributed by atoms with E-state index in [9.17, 15) is 9.90 Å². The summed E-state index contributed by atoms with van der Waals surface area (Å²) in [6.45, 7) is 14.3. The van der Waals surface area contributed by atoms with Gasteiger partial charge in [0.2, 0.25) is 0 Å². The first kappa shape index (κ1) is 19.9. The summed E-state index contributed by atoms with van der Waals surface area (Å²) in [5, 5.41) is 10.1. The minimum Gasteiger partial charge on any atom is -0.394 e. The van der Waals surface area contributed by atoms with E-state index in [1.54, 1.807) is 0 Å². The van der Waals surface area contributed by atoms with Gasteiger partial charge in [0.25, 0.3) is 5.91 Å². The summed E-state index contributed by atoms with van der Waals surface area (Å²) in [7, 11) is 0. The standard InChI is InChI=1S/C21H34N2O2/c1-6-17-12-23(20(14-24)19(17)13-22(7-2)8-3)21(25)18-10-15(4)9-16(5)11-18/h9-11,17,19-20,24H,6-8,12-14H2,1-5H3/t17-,19-,20-/m1/s1. The number of nitrogens with zero attached hydrogens (tertiary/aromatic N) is 2. The zero-order chi connectivity index (χ0) is 18.6. The molecule has 1 aliphatic heterocycles. The van der Waals surface area contributed by atoms with Gasteiger partial charge in [-0.25, -0.2) is 0 Å². The Bertz CT molecular complexity index is 563. The van der Waals surface area contributed by atoms with Crippen LogP contribution in [-0.2, 0) is 0 Å². The van der Waals surface area contributed by atoms with Gasteiger partial charge in [0.15, 0.2) is 0 Å². The molecular weight excluding hydrogens is 312 g/mol. The van der Waals surface area contributed by atoms with E-state index in [0.29, 0.717) is 11.8 Å². The predicted octanol–water partition coefficient (Wildman–Crippen LogP) is 3.10. The predicted molar refractivity (Wildman–Crippen MR) is 103 cm³/mol. The molecule has 1 aliphatic rings. The van der Waals surface area contributed by atoms with Crippen molar-refractivity contribution in [3.8, 4) is 0 Å². The van der Waals surface area contributed by atoms with Gasteiger partial charge >= 0.3 is 0 Å². The van der Waals surface area contributed by atoms with Gasteiger partial charge in [0.1, 0.15) is 0 Å². The van der Waals surface area contributed by atoms with Crippen molar-refractivity contribution < 1.29 is 9.90 Å². The molecule has 0 unspecified atom stereocenters. The summed E-state index contributed by atoms with van der Waals surface area (Å²) in [6, 6.07) is 5.92. The van der Waals surface area contributed by atoms with E-state index < -0.39 is 0 Å². The summed E-state index contributed by atoms with van der Waals surface area (Å²) in [4.78, 5) is 17.5. The van der Waals surface area contributed by atoms with Crippen molar-refractivity contribution >= 4 is 5.91 Å². The third kappa shape index (κ3) is 4.42. The number of carbonyl (C=O) groups excluding carboxylic acids is 1. The van der Waals surface area contributed by atoms with Gasteiger partial charge in [-0.2, -0.15) is 0 Å². The molecule has 140 valence electrons. The lowest BCUT2D eigenvalue weighted by molar-refractivity contribution is 0.0619. The first-order valence-corrected chi connectivity index (χ1v) is 9.67. The molecule has 1 fully saturated rings. The van der Waals surface area contributed by atoms with Gasteiger partial charge in [-0.1, -0.05) is 44.4 Å². The van der Waals surface area contributed by atoms with E-state index in [-0.39, 0.29) is 18.6 Å². The van der Waals surface area contributed by atoms with E-state index in [2.05, 4.69) is 31.7 Å². The summed E-state index contributed by atoms with van der Waals surface area (Å²) in [5.74, 6) is 0.851. The number of likely N-dealkylation sites (tertiary alicyclic amines) is 1. The van der Waals surface area contributed by atoms with Gasteiger partial charge in [-0.15, -0.1) is 0 Å². The minimum atomic E-state index is -0.0844. The SMILES string of the molecule is CC[C@@H]1CN(C(=O)c2cc(C)cc(C)c2)[C@H](CO)[C@@H]1CN(CC)CC. The Morgan fingerprint density at radius 1 is 1.16 bits per heavy atom. The van der Waals surface area contributed by atoms with Gasteiger partial charge < -0.3 is 14.9 Å². The molecule has 0 bridgehead atoms. The number of hydrogen-bond donors (Lipinski definition) is 1. The first-order valence-electron chi connectivity index (χ1n) is 9.67. The van der Waals surface area contributed by atoms with Gasteiger partial charge in [-0.3, -0.25) is 4.79 Å². The maximum atomic E-state index is 13.2. The van der Waals surface area contributed by atoms with Crippen LogP contribution in [0.4, 0.5) is 0 Å². The molecular formula is C21H34N2O2. The summed E-state index contributed by atoms with van der Waals surface area (Å²) in [6.07, 6.45) is 1.04. The average Bonchev–Trinajstić information content (AvgIpc) is 2.95. The van der Waals surface area contributed by atoms with Crippen LogP contribution in [0.25, 0.3) is 0 Å². The van der Waals surface area contributed by atoms with Crippen molar-refractivity contribution in [1.29, 1.82) is 0 Å². The molecule has 1 heterocycles. The Labute approximate surface area is 152 Å². The molecule has 1 N–H and O–H groups in total. The van der Waals surface area contributed by atoms with Crippen LogP contribution in [0.5, 0.6) is 0 Å². The highest BCUT2D eigenvalue weighted by atomic mass is 16.3. The van der Waals surface area contributed by atoms with Crippen molar-refractivity contribution in [2.75, 3.05) is 32.8 Å². The second kappa shape index (κ2) is 8.81. The first-order chi connectivity index (χ1) is 11.9. The van der Waals surface area contributed by atoms with E-state index in [1.165, 1.54) is 0 Å². The molecule has 0 saturated carbocycles. The Balaban J connectivity index is 2.26. The normalized spacial score (nSPS) is 23.5. The second-order valence-electron chi connectivity index (χ2n) is 7.40. The van der Waals surface area contributed by atoms with Crippen LogP contribution in [0.1, 0.15) is 48.7 Å². The van der Waals surface area contributed by atoms with Crippen LogP contribution in [0, 0.1) is 25.7 Å². The molecule has 0 aromatic heterocycles. The number of aliphatic hydroxyl groups is 1. The highest BCUT2D eigenvalue weighted by Gasteiger charge is 2.43. The number of carbonyl (C=O) groups is 1. The van der Waals surface area contributed by atoms with Crippen LogP contribution in [0.2, 0.25) is 0 Å². The maximum absolute atomic E-state index is 13.2. The Morgan fingerprint density at radius 2 is 1.76 bits per heavy atom. The topological polar surface area (TPSA) is 43.8 Å². The maximum Gasteiger partial charge on any atom is 0.254 e. The molecule has 1 amide bonds. The van der Waals surface area contributed by atoms with Crippen LogP contribution < -0.4 is 0 Å². The molecule has 0 spiro atoms. The van der Waals surface area contributed by atoms with Gasteiger partial charge in [0, 0.05) is 18.7 Å². The van der Waals surface area contributed by atoms with Crippen LogP contribution in [0.15, 0.2) is 18.2 Å². The molecule has 25 heavy (non-hydrogen) atoms. The van der Waals surface area contributed by atoms with Crippen molar-refractivity contribution in [2.24, 2.45) is 11.8 Å². The Hall–Kier alpha value is -1.39. The number of benzene rings is 1. The Kier molecular flexibility index (Phi) is 7.03. The fourth-order valence-corrected chi connectivity index (χ4v) is 4.28. The lowest BCUT2D eigenvalue weighted by atomic mass is 9.88. The van der Waals surface area contributed by atoms with Crippen LogP contribution in [-0.4, -0.2) is 59.6 Å². The number of rotatable bonds is 7. The molecule has 1 aromatic carbocycles. The van der Waals surface area contributed by atoms with Gasteiger partial charge in [0.05, 0.1) is 12.6 Å². The fourth-order valence-electron chi connectivity index (χ4n) is 4.28. The molecule has 0 radical (unpaired) electrons. The molecule has 1 saturated heterocycles. The summed E-state index contributed by atoms with van der Waals surface area (Å²) >= 11 is 0. The molecule has 0 aliphatic carbocycles. The molecule has 4 heteroatoms. The van der Waals surface area contributed by atoms with E-state index in [0.717, 1.165) is 49.3 Å². The van der Waals surface area contributed by atoms with Crippen molar-refractivity contribution in [1.82, 2.24) is 9.80 Å².